The number of nitrogens with zero attached hydrogens (tertiary/aromatic N) is 1. The molecule has 0 spiro atoms. The van der Waals surface area contributed by atoms with E-state index in [1.165, 1.54) is 5.56 Å². The lowest BCUT2D eigenvalue weighted by Crippen LogP contribution is -2.21. The van der Waals surface area contributed by atoms with Crippen LogP contribution in [0.15, 0.2) is 82.4 Å². The molecular weight excluding hydrogens is 430 g/mol. The molecule has 0 saturated carbocycles. The molecule has 2 amide bonds. The highest BCUT2D eigenvalue weighted by Gasteiger charge is 2.15. The van der Waals surface area contributed by atoms with Gasteiger partial charge in [0.25, 0.3) is 11.8 Å². The third kappa shape index (κ3) is 5.39. The average molecular weight is 450 g/mol. The normalized spacial score (nSPS) is 10.7. The van der Waals surface area contributed by atoms with E-state index >= 15 is 0 Å². The zero-order valence-corrected chi connectivity index (χ0v) is 17.4. The highest BCUT2D eigenvalue weighted by atomic mass is 79.9. The Hall–Kier alpha value is -3.25. The Kier molecular flexibility index (Phi) is 6.92. The molecule has 146 valence electrons. The zero-order chi connectivity index (χ0) is 20.6. The minimum atomic E-state index is -0.408. The van der Waals surface area contributed by atoms with Crippen LogP contribution in [0, 0.1) is 0 Å². The standard InChI is InChI=1S/C23H20BrN3O2/c1-2-16-11-13-17(14-12-16)15-25-27-23(29)19-8-4-6-10-21(19)26-22(28)18-7-3-5-9-20(18)24/h3-15H,2H2,1H3,(H,26,28)(H,27,29). The number of hydrazone groups is 1. The van der Waals surface area contributed by atoms with E-state index in [1.54, 1.807) is 48.7 Å². The first-order valence-corrected chi connectivity index (χ1v) is 9.95. The molecule has 2 N–H and O–H groups in total. The number of para-hydroxylation sites is 1. The van der Waals surface area contributed by atoms with Crippen LogP contribution >= 0.6 is 15.9 Å². The van der Waals surface area contributed by atoms with Gasteiger partial charge in [-0.25, -0.2) is 5.43 Å². The summed E-state index contributed by atoms with van der Waals surface area (Å²) in [4.78, 5) is 25.1. The van der Waals surface area contributed by atoms with Crippen molar-refractivity contribution in [2.45, 2.75) is 13.3 Å². The zero-order valence-electron chi connectivity index (χ0n) is 15.9. The molecule has 0 aromatic heterocycles. The first-order chi connectivity index (χ1) is 14.1. The third-order valence-corrected chi connectivity index (χ3v) is 5.00. The van der Waals surface area contributed by atoms with E-state index in [4.69, 9.17) is 0 Å². The summed E-state index contributed by atoms with van der Waals surface area (Å²) in [5.74, 6) is -0.716. The second-order valence-corrected chi connectivity index (χ2v) is 7.13. The molecule has 0 aliphatic carbocycles. The van der Waals surface area contributed by atoms with Crippen LogP contribution in [-0.2, 0) is 6.42 Å². The van der Waals surface area contributed by atoms with Crippen LogP contribution in [0.5, 0.6) is 0 Å². The summed E-state index contributed by atoms with van der Waals surface area (Å²) in [6.45, 7) is 2.09. The maximum atomic E-state index is 12.6. The van der Waals surface area contributed by atoms with Crippen molar-refractivity contribution in [3.05, 3.63) is 99.5 Å². The second kappa shape index (κ2) is 9.80. The minimum absolute atomic E-state index is 0.308. The second-order valence-electron chi connectivity index (χ2n) is 6.27. The van der Waals surface area contributed by atoms with Crippen LogP contribution in [0.3, 0.4) is 0 Å². The molecule has 3 aromatic rings. The van der Waals surface area contributed by atoms with Crippen molar-refractivity contribution in [1.82, 2.24) is 5.43 Å². The van der Waals surface area contributed by atoms with E-state index < -0.39 is 5.91 Å². The van der Waals surface area contributed by atoms with Crippen LogP contribution in [-0.4, -0.2) is 18.0 Å². The van der Waals surface area contributed by atoms with Gasteiger partial charge in [-0.05, 0) is 57.7 Å². The van der Waals surface area contributed by atoms with Crippen molar-refractivity contribution in [3.63, 3.8) is 0 Å². The van der Waals surface area contributed by atoms with Gasteiger partial charge in [-0.1, -0.05) is 55.5 Å². The summed E-state index contributed by atoms with van der Waals surface area (Å²) >= 11 is 3.36. The lowest BCUT2D eigenvalue weighted by molar-refractivity contribution is 0.0956. The molecule has 0 unspecified atom stereocenters. The SMILES string of the molecule is CCc1ccc(C=NNC(=O)c2ccccc2NC(=O)c2ccccc2Br)cc1. The summed E-state index contributed by atoms with van der Waals surface area (Å²) in [5, 5.41) is 6.81. The van der Waals surface area contributed by atoms with Crippen molar-refractivity contribution in [2.24, 2.45) is 5.10 Å². The number of amides is 2. The van der Waals surface area contributed by atoms with Crippen LogP contribution < -0.4 is 10.7 Å². The Morgan fingerprint density at radius 3 is 2.24 bits per heavy atom. The van der Waals surface area contributed by atoms with Gasteiger partial charge in [-0.3, -0.25) is 9.59 Å². The molecule has 0 fully saturated rings. The molecule has 0 aliphatic heterocycles. The van der Waals surface area contributed by atoms with Crippen molar-refractivity contribution in [2.75, 3.05) is 5.32 Å². The molecule has 0 atom stereocenters. The van der Waals surface area contributed by atoms with Gasteiger partial charge in [-0.2, -0.15) is 5.10 Å². The first-order valence-electron chi connectivity index (χ1n) is 9.15. The highest BCUT2D eigenvalue weighted by Crippen LogP contribution is 2.20. The maximum Gasteiger partial charge on any atom is 0.273 e. The van der Waals surface area contributed by atoms with Gasteiger partial charge >= 0.3 is 0 Å². The Labute approximate surface area is 178 Å². The molecular formula is C23H20BrN3O2. The molecule has 0 bridgehead atoms. The number of rotatable bonds is 6. The van der Waals surface area contributed by atoms with E-state index in [9.17, 15) is 9.59 Å². The number of halogens is 1. The highest BCUT2D eigenvalue weighted by molar-refractivity contribution is 9.10. The molecule has 6 heteroatoms. The fourth-order valence-corrected chi connectivity index (χ4v) is 3.16. The van der Waals surface area contributed by atoms with Gasteiger partial charge in [-0.15, -0.1) is 0 Å². The van der Waals surface area contributed by atoms with Crippen molar-refractivity contribution >= 4 is 39.6 Å². The predicted molar refractivity (Wildman–Crippen MR) is 119 cm³/mol. The molecule has 0 saturated heterocycles. The molecule has 5 nitrogen and oxygen atoms in total. The number of hydrogen-bond donors (Lipinski definition) is 2. The Balaban J connectivity index is 1.70. The monoisotopic (exact) mass is 449 g/mol. The summed E-state index contributed by atoms with van der Waals surface area (Å²) in [6, 6.07) is 21.8. The van der Waals surface area contributed by atoms with Gasteiger partial charge in [0, 0.05) is 4.47 Å². The van der Waals surface area contributed by atoms with Crippen LogP contribution in [0.25, 0.3) is 0 Å². The summed E-state index contributed by atoms with van der Waals surface area (Å²) < 4.78 is 0.679. The number of hydrogen-bond acceptors (Lipinski definition) is 3. The number of aryl methyl sites for hydroxylation is 1. The quantitative estimate of drug-likeness (QED) is 0.409. The minimum Gasteiger partial charge on any atom is -0.321 e. The van der Waals surface area contributed by atoms with Gasteiger partial charge < -0.3 is 5.32 Å². The Morgan fingerprint density at radius 2 is 1.55 bits per heavy atom. The largest absolute Gasteiger partial charge is 0.321 e. The fraction of sp³-hybridized carbons (Fsp3) is 0.0870. The topological polar surface area (TPSA) is 70.6 Å². The molecule has 0 heterocycles. The number of carbonyl (C=O) groups is 2. The summed E-state index contributed by atoms with van der Waals surface area (Å²) in [7, 11) is 0. The van der Waals surface area contributed by atoms with Crippen LogP contribution in [0.2, 0.25) is 0 Å². The maximum absolute atomic E-state index is 12.6. The fourth-order valence-electron chi connectivity index (χ4n) is 2.69. The van der Waals surface area contributed by atoms with Crippen molar-refractivity contribution in [1.29, 1.82) is 0 Å². The van der Waals surface area contributed by atoms with Gasteiger partial charge in [0.1, 0.15) is 0 Å². The van der Waals surface area contributed by atoms with Gasteiger partial charge in [0.2, 0.25) is 0 Å². The van der Waals surface area contributed by atoms with Crippen molar-refractivity contribution in [3.8, 4) is 0 Å². The van der Waals surface area contributed by atoms with Crippen molar-refractivity contribution < 1.29 is 9.59 Å². The summed E-state index contributed by atoms with van der Waals surface area (Å²) in [6.07, 6.45) is 2.55. The lowest BCUT2D eigenvalue weighted by atomic mass is 10.1. The predicted octanol–water partition coefficient (Wildman–Crippen LogP) is 5.03. The van der Waals surface area contributed by atoms with E-state index in [0.717, 1.165) is 12.0 Å². The molecule has 3 aromatic carbocycles. The molecule has 0 aliphatic rings. The van der Waals surface area contributed by atoms with E-state index in [0.29, 0.717) is 21.3 Å². The smallest absolute Gasteiger partial charge is 0.273 e. The molecule has 3 rings (SSSR count). The average Bonchev–Trinajstić information content (AvgIpc) is 2.74. The Bertz CT molecular complexity index is 1050. The van der Waals surface area contributed by atoms with E-state index in [1.807, 2.05) is 30.3 Å². The molecule has 0 radical (unpaired) electrons. The van der Waals surface area contributed by atoms with Crippen LogP contribution in [0.1, 0.15) is 38.8 Å². The van der Waals surface area contributed by atoms with E-state index in [-0.39, 0.29) is 5.91 Å². The number of anilines is 1. The van der Waals surface area contributed by atoms with Crippen LogP contribution in [0.4, 0.5) is 5.69 Å². The molecule has 29 heavy (non-hydrogen) atoms. The third-order valence-electron chi connectivity index (χ3n) is 4.31. The van der Waals surface area contributed by atoms with Gasteiger partial charge in [0.15, 0.2) is 0 Å². The Morgan fingerprint density at radius 1 is 0.897 bits per heavy atom. The lowest BCUT2D eigenvalue weighted by Gasteiger charge is -2.10. The first kappa shape index (κ1) is 20.5. The van der Waals surface area contributed by atoms with E-state index in [2.05, 4.69) is 38.7 Å². The summed E-state index contributed by atoms with van der Waals surface area (Å²) in [5.41, 5.74) is 5.85. The number of benzene rings is 3. The van der Waals surface area contributed by atoms with Gasteiger partial charge in [0.05, 0.1) is 23.0 Å². The number of nitrogens with one attached hydrogen (secondary N) is 2. The number of carbonyl (C=O) groups excluding carboxylic acids is 2.